The standard InChI is InChI=1S/C14H19N3O3/c1-3-6-17-14(15-10-16-17)9-20-13-5-4-12(19-2)7-11(13)8-18/h4-5,7,10,18H,3,6,8-9H2,1-2H3. The second kappa shape index (κ2) is 6.91. The molecule has 0 bridgehead atoms. The molecule has 0 atom stereocenters. The highest BCUT2D eigenvalue weighted by molar-refractivity contribution is 5.39. The normalized spacial score (nSPS) is 10.6. The van der Waals surface area contributed by atoms with Crippen molar-refractivity contribution < 1.29 is 14.6 Å². The Morgan fingerprint density at radius 1 is 1.35 bits per heavy atom. The van der Waals surface area contributed by atoms with Crippen molar-refractivity contribution in [2.45, 2.75) is 33.1 Å². The van der Waals surface area contributed by atoms with Crippen LogP contribution in [0, 0.1) is 0 Å². The molecule has 0 saturated heterocycles. The zero-order valence-electron chi connectivity index (χ0n) is 11.7. The van der Waals surface area contributed by atoms with Gasteiger partial charge in [0.25, 0.3) is 0 Å². The van der Waals surface area contributed by atoms with Crippen LogP contribution in [-0.4, -0.2) is 27.0 Å². The molecule has 1 heterocycles. The number of aryl methyl sites for hydroxylation is 1. The first-order chi connectivity index (χ1) is 9.78. The number of methoxy groups -OCH3 is 1. The van der Waals surface area contributed by atoms with E-state index in [4.69, 9.17) is 9.47 Å². The Bertz CT molecular complexity index is 554. The number of ether oxygens (including phenoxy) is 2. The minimum atomic E-state index is -0.103. The largest absolute Gasteiger partial charge is 0.497 e. The van der Waals surface area contributed by atoms with Crippen molar-refractivity contribution in [3.63, 3.8) is 0 Å². The summed E-state index contributed by atoms with van der Waals surface area (Å²) in [6.45, 7) is 3.11. The van der Waals surface area contributed by atoms with Crippen LogP contribution in [0.4, 0.5) is 0 Å². The number of aliphatic hydroxyl groups excluding tert-OH is 1. The number of hydrogen-bond donors (Lipinski definition) is 1. The van der Waals surface area contributed by atoms with Gasteiger partial charge < -0.3 is 14.6 Å². The molecule has 1 N–H and O–H groups in total. The molecule has 0 aliphatic carbocycles. The zero-order valence-corrected chi connectivity index (χ0v) is 11.7. The molecule has 6 heteroatoms. The smallest absolute Gasteiger partial charge is 0.164 e. The first-order valence-corrected chi connectivity index (χ1v) is 6.55. The predicted octanol–water partition coefficient (Wildman–Crippen LogP) is 1.77. The number of rotatable bonds is 7. The van der Waals surface area contributed by atoms with Gasteiger partial charge >= 0.3 is 0 Å². The fourth-order valence-corrected chi connectivity index (χ4v) is 1.89. The lowest BCUT2D eigenvalue weighted by atomic mass is 10.2. The van der Waals surface area contributed by atoms with Crippen LogP contribution in [0.25, 0.3) is 0 Å². The summed E-state index contributed by atoms with van der Waals surface area (Å²) in [5.74, 6) is 2.08. The summed E-state index contributed by atoms with van der Waals surface area (Å²) < 4.78 is 12.7. The number of benzene rings is 1. The maximum atomic E-state index is 9.37. The van der Waals surface area contributed by atoms with Crippen molar-refractivity contribution in [1.29, 1.82) is 0 Å². The van der Waals surface area contributed by atoms with Gasteiger partial charge in [0.05, 0.1) is 13.7 Å². The number of aliphatic hydroxyl groups is 1. The average Bonchev–Trinajstić information content (AvgIpc) is 2.92. The van der Waals surface area contributed by atoms with E-state index in [0.717, 1.165) is 18.8 Å². The average molecular weight is 277 g/mol. The molecular formula is C14H19N3O3. The van der Waals surface area contributed by atoms with Gasteiger partial charge in [0, 0.05) is 12.1 Å². The fourth-order valence-electron chi connectivity index (χ4n) is 1.89. The van der Waals surface area contributed by atoms with E-state index in [-0.39, 0.29) is 6.61 Å². The summed E-state index contributed by atoms with van der Waals surface area (Å²) in [6, 6.07) is 5.34. The molecule has 0 spiro atoms. The molecule has 6 nitrogen and oxygen atoms in total. The Labute approximate surface area is 118 Å². The summed E-state index contributed by atoms with van der Waals surface area (Å²) in [5, 5.41) is 13.5. The highest BCUT2D eigenvalue weighted by atomic mass is 16.5. The molecule has 0 aliphatic heterocycles. The van der Waals surface area contributed by atoms with Gasteiger partial charge in [-0.3, -0.25) is 0 Å². The molecule has 20 heavy (non-hydrogen) atoms. The summed E-state index contributed by atoms with van der Waals surface area (Å²) in [5.41, 5.74) is 0.686. The number of aromatic nitrogens is 3. The maximum Gasteiger partial charge on any atom is 0.164 e. The van der Waals surface area contributed by atoms with Gasteiger partial charge in [0.2, 0.25) is 0 Å². The van der Waals surface area contributed by atoms with Gasteiger partial charge in [-0.15, -0.1) is 0 Å². The van der Waals surface area contributed by atoms with Gasteiger partial charge in [-0.2, -0.15) is 5.10 Å². The second-order valence-corrected chi connectivity index (χ2v) is 4.32. The van der Waals surface area contributed by atoms with Crippen molar-refractivity contribution in [2.75, 3.05) is 7.11 Å². The van der Waals surface area contributed by atoms with E-state index in [1.165, 1.54) is 6.33 Å². The molecule has 108 valence electrons. The molecule has 0 amide bonds. The Morgan fingerprint density at radius 3 is 2.90 bits per heavy atom. The lowest BCUT2D eigenvalue weighted by Gasteiger charge is -2.11. The van der Waals surface area contributed by atoms with E-state index in [1.807, 2.05) is 4.68 Å². The molecule has 0 saturated carbocycles. The van der Waals surface area contributed by atoms with Crippen LogP contribution in [0.3, 0.4) is 0 Å². The lowest BCUT2D eigenvalue weighted by Crippen LogP contribution is -2.09. The van der Waals surface area contributed by atoms with E-state index in [0.29, 0.717) is 23.7 Å². The van der Waals surface area contributed by atoms with Crippen LogP contribution in [-0.2, 0) is 19.8 Å². The SMILES string of the molecule is CCCn1ncnc1COc1ccc(OC)cc1CO. The van der Waals surface area contributed by atoms with E-state index in [1.54, 1.807) is 25.3 Å². The summed E-state index contributed by atoms with van der Waals surface area (Å²) in [4.78, 5) is 4.18. The van der Waals surface area contributed by atoms with Crippen LogP contribution in [0.2, 0.25) is 0 Å². The molecule has 0 radical (unpaired) electrons. The Balaban J connectivity index is 2.08. The molecule has 0 unspecified atom stereocenters. The van der Waals surface area contributed by atoms with Crippen molar-refractivity contribution in [1.82, 2.24) is 14.8 Å². The first-order valence-electron chi connectivity index (χ1n) is 6.55. The lowest BCUT2D eigenvalue weighted by molar-refractivity contribution is 0.251. The third-order valence-corrected chi connectivity index (χ3v) is 2.93. The molecular weight excluding hydrogens is 258 g/mol. The third-order valence-electron chi connectivity index (χ3n) is 2.93. The fraction of sp³-hybridized carbons (Fsp3) is 0.429. The van der Waals surface area contributed by atoms with Gasteiger partial charge in [-0.05, 0) is 24.6 Å². The zero-order chi connectivity index (χ0) is 14.4. The summed E-state index contributed by atoms with van der Waals surface area (Å²) in [6.07, 6.45) is 2.51. The van der Waals surface area contributed by atoms with Crippen molar-refractivity contribution >= 4 is 0 Å². The molecule has 0 fully saturated rings. The minimum Gasteiger partial charge on any atom is -0.497 e. The van der Waals surface area contributed by atoms with Crippen LogP contribution in [0.5, 0.6) is 11.5 Å². The third kappa shape index (κ3) is 3.27. The molecule has 0 aliphatic rings. The topological polar surface area (TPSA) is 69.4 Å². The van der Waals surface area contributed by atoms with Crippen LogP contribution in [0.1, 0.15) is 24.7 Å². The quantitative estimate of drug-likeness (QED) is 0.835. The van der Waals surface area contributed by atoms with Gasteiger partial charge in [0.1, 0.15) is 24.4 Å². The van der Waals surface area contributed by atoms with E-state index in [9.17, 15) is 5.11 Å². The van der Waals surface area contributed by atoms with Gasteiger partial charge in [0.15, 0.2) is 5.82 Å². The van der Waals surface area contributed by atoms with Crippen molar-refractivity contribution in [3.8, 4) is 11.5 Å². The second-order valence-electron chi connectivity index (χ2n) is 4.32. The number of nitrogens with zero attached hydrogens (tertiary/aromatic N) is 3. The van der Waals surface area contributed by atoms with E-state index in [2.05, 4.69) is 17.0 Å². The summed E-state index contributed by atoms with van der Waals surface area (Å²) in [7, 11) is 1.59. The molecule has 2 aromatic rings. The monoisotopic (exact) mass is 277 g/mol. The first kappa shape index (κ1) is 14.3. The van der Waals surface area contributed by atoms with Gasteiger partial charge in [-0.25, -0.2) is 9.67 Å². The van der Waals surface area contributed by atoms with Crippen LogP contribution < -0.4 is 9.47 Å². The van der Waals surface area contributed by atoms with E-state index < -0.39 is 0 Å². The Kier molecular flexibility index (Phi) is 4.95. The maximum absolute atomic E-state index is 9.37. The van der Waals surface area contributed by atoms with E-state index >= 15 is 0 Å². The highest BCUT2D eigenvalue weighted by Gasteiger charge is 2.08. The van der Waals surface area contributed by atoms with Crippen molar-refractivity contribution in [3.05, 3.63) is 35.9 Å². The highest BCUT2D eigenvalue weighted by Crippen LogP contribution is 2.24. The molecule has 1 aromatic heterocycles. The Hall–Kier alpha value is -2.08. The molecule has 1 aromatic carbocycles. The van der Waals surface area contributed by atoms with Crippen molar-refractivity contribution in [2.24, 2.45) is 0 Å². The van der Waals surface area contributed by atoms with Crippen LogP contribution in [0.15, 0.2) is 24.5 Å². The van der Waals surface area contributed by atoms with Crippen LogP contribution >= 0.6 is 0 Å². The Morgan fingerprint density at radius 2 is 2.20 bits per heavy atom. The van der Waals surface area contributed by atoms with Gasteiger partial charge in [-0.1, -0.05) is 6.92 Å². The molecule has 2 rings (SSSR count). The summed E-state index contributed by atoms with van der Waals surface area (Å²) >= 11 is 0. The minimum absolute atomic E-state index is 0.103. The predicted molar refractivity (Wildman–Crippen MR) is 73.6 cm³/mol. The number of hydrogen-bond acceptors (Lipinski definition) is 5.